The van der Waals surface area contributed by atoms with Crippen molar-refractivity contribution < 1.29 is 15.1 Å². The highest BCUT2D eigenvalue weighted by molar-refractivity contribution is 5.96. The molecule has 17 heavy (non-hydrogen) atoms. The second kappa shape index (κ2) is 4.06. The van der Waals surface area contributed by atoms with E-state index < -0.39 is 54.4 Å². The largest absolute Gasteiger partial charge is 0.0629 e. The highest BCUT2D eigenvalue weighted by Gasteiger charge is 2.02. The van der Waals surface area contributed by atoms with Gasteiger partial charge in [0.1, 0.15) is 0 Å². The smallest absolute Gasteiger partial charge is 0.0616 e. The Balaban J connectivity index is 2.73. The maximum absolute atomic E-state index is 8.29. The van der Waals surface area contributed by atoms with Gasteiger partial charge in [-0.1, -0.05) is 72.0 Å². The first-order valence-electron chi connectivity index (χ1n) is 10.5. The van der Waals surface area contributed by atoms with Gasteiger partial charge in [-0.05, 0) is 28.8 Å². The van der Waals surface area contributed by atoms with E-state index in [0.717, 1.165) is 0 Å². The molecule has 0 saturated heterocycles. The molecule has 0 aliphatic heterocycles. The van der Waals surface area contributed by atoms with E-state index in [9.17, 15) is 0 Å². The van der Waals surface area contributed by atoms with Crippen LogP contribution in [0, 0.1) is 6.92 Å². The van der Waals surface area contributed by atoms with Gasteiger partial charge in [-0.25, -0.2) is 0 Å². The number of rotatable bonds is 1. The van der Waals surface area contributed by atoms with Crippen molar-refractivity contribution in [3.63, 3.8) is 0 Å². The summed E-state index contributed by atoms with van der Waals surface area (Å²) in [6.45, 7) is 1.42. The molecule has 0 unspecified atom stereocenters. The van der Waals surface area contributed by atoms with Crippen molar-refractivity contribution in [2.24, 2.45) is 0 Å². The predicted octanol–water partition coefficient (Wildman–Crippen LogP) is 4.82. The van der Waals surface area contributed by atoms with E-state index in [1.54, 1.807) is 0 Å². The van der Waals surface area contributed by atoms with Gasteiger partial charge in [0.25, 0.3) is 0 Å². The quantitative estimate of drug-likeness (QED) is 0.561. The third-order valence-electron chi connectivity index (χ3n) is 2.31. The van der Waals surface area contributed by atoms with E-state index in [1.165, 1.54) is 6.92 Å². The zero-order valence-corrected chi connectivity index (χ0v) is 9.00. The van der Waals surface area contributed by atoms with Gasteiger partial charge in [-0.15, -0.1) is 0 Å². The van der Waals surface area contributed by atoms with Gasteiger partial charge >= 0.3 is 0 Å². The summed E-state index contributed by atoms with van der Waals surface area (Å²) in [5.41, 5.74) is -0.533. The molecule has 0 amide bonds. The Bertz CT molecular complexity index is 1140. The summed E-state index contributed by atoms with van der Waals surface area (Å²) in [5, 5.41) is -0.555. The first-order valence-corrected chi connectivity index (χ1v) is 5.00. The third-order valence-corrected chi connectivity index (χ3v) is 2.31. The maximum atomic E-state index is 8.29. The van der Waals surface area contributed by atoms with Crippen LogP contribution in [0.4, 0.5) is 0 Å². The van der Waals surface area contributed by atoms with E-state index in [-0.39, 0.29) is 39.5 Å². The maximum Gasteiger partial charge on any atom is 0.0629 e. The fourth-order valence-electron chi connectivity index (χ4n) is 1.50. The van der Waals surface area contributed by atoms with Crippen molar-refractivity contribution >= 4 is 10.8 Å². The Labute approximate surface area is 117 Å². The van der Waals surface area contributed by atoms with Crippen LogP contribution in [0.1, 0.15) is 20.6 Å². The number of fused-ring (bicyclic) bond motifs is 1. The Morgan fingerprint density at radius 3 is 2.29 bits per heavy atom. The molecule has 3 rings (SSSR count). The first-order chi connectivity index (χ1) is 12.9. The zero-order valence-electron chi connectivity index (χ0n) is 20.0. The topological polar surface area (TPSA) is 0 Å². The minimum absolute atomic E-state index is 0.0969. The summed E-state index contributed by atoms with van der Waals surface area (Å²) in [7, 11) is 0. The zero-order chi connectivity index (χ0) is 21.2. The van der Waals surface area contributed by atoms with Gasteiger partial charge in [-0.2, -0.15) is 0 Å². The molecular weight excluding hydrogens is 204 g/mol. The van der Waals surface area contributed by atoms with Crippen molar-refractivity contribution in [2.45, 2.75) is 6.92 Å². The van der Waals surface area contributed by atoms with Gasteiger partial charge in [0.15, 0.2) is 0 Å². The van der Waals surface area contributed by atoms with Gasteiger partial charge in [0.05, 0.1) is 15.1 Å². The van der Waals surface area contributed by atoms with Gasteiger partial charge in [0, 0.05) is 0 Å². The Morgan fingerprint density at radius 2 is 1.47 bits per heavy atom. The van der Waals surface area contributed by atoms with Crippen molar-refractivity contribution in [3.05, 3.63) is 72.0 Å². The van der Waals surface area contributed by atoms with E-state index >= 15 is 0 Å². The molecule has 0 atom stereocenters. The van der Waals surface area contributed by atoms with Crippen LogP contribution < -0.4 is 0 Å². The molecule has 3 aromatic carbocycles. The average Bonchev–Trinajstić information content (AvgIpc) is 2.67. The molecule has 0 aliphatic rings. The van der Waals surface area contributed by atoms with Crippen LogP contribution in [0.5, 0.6) is 0 Å². The normalized spacial score (nSPS) is 19.7. The molecule has 0 spiro atoms. The number of hydrogen-bond acceptors (Lipinski definition) is 0. The standard InChI is InChI=1S/C17H14/c1-13-9-11-15(12-10-13)17-8-4-6-14-5-2-3-7-16(14)17/h2-12H,1H3/i2D,3D,4D,5D,6D,7D,8D,9D,10D,11D,12D. The van der Waals surface area contributed by atoms with Crippen LogP contribution >= 0.6 is 0 Å². The summed E-state index contributed by atoms with van der Waals surface area (Å²) >= 11 is 0. The van der Waals surface area contributed by atoms with Crippen molar-refractivity contribution in [2.75, 3.05) is 0 Å². The van der Waals surface area contributed by atoms with E-state index in [0.29, 0.717) is 0 Å². The number of hydrogen-bond donors (Lipinski definition) is 0. The predicted molar refractivity (Wildman–Crippen MR) is 74.1 cm³/mol. The molecule has 0 heterocycles. The molecule has 0 aromatic heterocycles. The molecule has 0 nitrogen and oxygen atoms in total. The fourth-order valence-corrected chi connectivity index (χ4v) is 1.50. The first kappa shape index (κ1) is 3.71. The van der Waals surface area contributed by atoms with Gasteiger partial charge in [-0.3, -0.25) is 0 Å². The van der Waals surface area contributed by atoms with Crippen molar-refractivity contribution in [1.82, 2.24) is 0 Å². The molecule has 0 radical (unpaired) electrons. The molecule has 0 N–H and O–H groups in total. The van der Waals surface area contributed by atoms with Crippen molar-refractivity contribution in [1.29, 1.82) is 0 Å². The summed E-state index contributed by atoms with van der Waals surface area (Å²) in [4.78, 5) is 0. The Morgan fingerprint density at radius 1 is 0.765 bits per heavy atom. The lowest BCUT2D eigenvalue weighted by Gasteiger charge is -2.07. The Kier molecular flexibility index (Phi) is 0.886. The summed E-state index contributed by atoms with van der Waals surface area (Å²) in [6.07, 6.45) is 0. The SMILES string of the molecule is [2H]c1c([2H])c(-c2c([2H])c([2H])c([2H])c3c([2H])c([2H])c([2H])c([2H])c23)c([2H])c([2H])c1C. The fraction of sp³-hybridized carbons (Fsp3) is 0.0588. The van der Waals surface area contributed by atoms with E-state index in [1.807, 2.05) is 0 Å². The number of benzene rings is 3. The van der Waals surface area contributed by atoms with E-state index in [2.05, 4.69) is 0 Å². The Hall–Kier alpha value is -2.08. The van der Waals surface area contributed by atoms with E-state index in [4.69, 9.17) is 15.1 Å². The molecule has 82 valence electrons. The highest BCUT2D eigenvalue weighted by atomic mass is 14.1. The van der Waals surface area contributed by atoms with Crippen molar-refractivity contribution in [3.8, 4) is 11.1 Å². The second-order valence-corrected chi connectivity index (χ2v) is 3.50. The lowest BCUT2D eigenvalue weighted by molar-refractivity contribution is 1.47. The van der Waals surface area contributed by atoms with Crippen LogP contribution in [-0.2, 0) is 0 Å². The summed E-state index contributed by atoms with van der Waals surface area (Å²) in [6, 6.07) is -5.73. The molecular formula is C17H14. The van der Waals surface area contributed by atoms with Gasteiger partial charge in [0.2, 0.25) is 0 Å². The molecule has 3 aromatic rings. The van der Waals surface area contributed by atoms with Crippen LogP contribution in [0.2, 0.25) is 0 Å². The van der Waals surface area contributed by atoms with Crippen LogP contribution in [-0.4, -0.2) is 0 Å². The second-order valence-electron chi connectivity index (χ2n) is 3.50. The molecule has 0 aliphatic carbocycles. The average molecular weight is 229 g/mol. The van der Waals surface area contributed by atoms with Crippen LogP contribution in [0.3, 0.4) is 0 Å². The monoisotopic (exact) mass is 229 g/mol. The summed E-state index contributed by atoms with van der Waals surface area (Å²) in [5.74, 6) is 0. The highest BCUT2D eigenvalue weighted by Crippen LogP contribution is 2.28. The minimum Gasteiger partial charge on any atom is -0.0616 e. The van der Waals surface area contributed by atoms with Crippen LogP contribution in [0.25, 0.3) is 21.9 Å². The minimum atomic E-state index is -0.620. The molecule has 0 saturated carbocycles. The molecule has 0 bridgehead atoms. The summed E-state index contributed by atoms with van der Waals surface area (Å²) < 4.78 is 89.1. The third kappa shape index (κ3) is 1.83. The lowest BCUT2D eigenvalue weighted by Crippen LogP contribution is -1.81. The van der Waals surface area contributed by atoms with Crippen LogP contribution in [0.15, 0.2) is 66.5 Å². The molecule has 0 heteroatoms. The lowest BCUT2D eigenvalue weighted by atomic mass is 9.98. The van der Waals surface area contributed by atoms with Gasteiger partial charge < -0.3 is 0 Å². The molecule has 0 fully saturated rings.